The van der Waals surface area contributed by atoms with Crippen molar-refractivity contribution in [1.82, 2.24) is 15.2 Å². The fraction of sp³-hybridized carbons (Fsp3) is 0.400. The number of nitrogens with zero attached hydrogens (tertiary/aromatic N) is 2. The second-order valence-electron chi connectivity index (χ2n) is 3.26. The predicted molar refractivity (Wildman–Crippen MR) is 52.2 cm³/mol. The summed E-state index contributed by atoms with van der Waals surface area (Å²) in [5.41, 5.74) is 0.919. The van der Waals surface area contributed by atoms with E-state index in [0.29, 0.717) is 6.54 Å². The first kappa shape index (κ1) is 9.15. The Labute approximate surface area is 82.9 Å². The first-order valence-electron chi connectivity index (χ1n) is 4.68. The lowest BCUT2D eigenvalue weighted by molar-refractivity contribution is 0.245. The molecule has 0 saturated carbocycles. The summed E-state index contributed by atoms with van der Waals surface area (Å²) in [7, 11) is 0. The lowest BCUT2D eigenvalue weighted by Gasteiger charge is -2.31. The summed E-state index contributed by atoms with van der Waals surface area (Å²) in [4.78, 5) is 16.6. The summed E-state index contributed by atoms with van der Waals surface area (Å²) in [5, 5.41) is 3.24. The Kier molecular flexibility index (Phi) is 2.74. The number of rotatable bonds is 2. The Morgan fingerprint density at radius 3 is 3.21 bits per heavy atom. The maximum Gasteiger partial charge on any atom is 0.312 e. The van der Waals surface area contributed by atoms with Crippen molar-refractivity contribution in [2.24, 2.45) is 0 Å². The molecule has 1 amide bonds. The van der Waals surface area contributed by atoms with Gasteiger partial charge in [-0.1, -0.05) is 6.07 Å². The number of hydrogen-bond donors (Lipinski definition) is 1. The van der Waals surface area contributed by atoms with Crippen molar-refractivity contribution in [3.63, 3.8) is 0 Å². The van der Waals surface area contributed by atoms with E-state index in [1.54, 1.807) is 11.1 Å². The highest BCUT2D eigenvalue weighted by atomic mass is 16.1. The number of amides is 1. The maximum atomic E-state index is 10.7. The van der Waals surface area contributed by atoms with Gasteiger partial charge in [0.15, 0.2) is 0 Å². The molecule has 1 aliphatic heterocycles. The van der Waals surface area contributed by atoms with Crippen LogP contribution < -0.4 is 5.32 Å². The van der Waals surface area contributed by atoms with E-state index in [2.05, 4.69) is 10.3 Å². The van der Waals surface area contributed by atoms with E-state index in [4.69, 9.17) is 0 Å². The Morgan fingerprint density at radius 2 is 2.50 bits per heavy atom. The monoisotopic (exact) mass is 190 g/mol. The van der Waals surface area contributed by atoms with Gasteiger partial charge in [0.25, 0.3) is 0 Å². The van der Waals surface area contributed by atoms with Crippen LogP contribution in [0, 0.1) is 0 Å². The molecule has 0 aliphatic carbocycles. The number of aromatic nitrogens is 1. The summed E-state index contributed by atoms with van der Waals surface area (Å²) in [6.07, 6.45) is 3.70. The standard InChI is InChI=1S/C10H12N3O/c14-8-13-6-5-11-7-10(13)9-3-1-2-4-12-9/h1-4,10-11H,5-7H2. The van der Waals surface area contributed by atoms with Crippen molar-refractivity contribution >= 4 is 6.41 Å². The van der Waals surface area contributed by atoms with Crippen LogP contribution in [0.4, 0.5) is 0 Å². The van der Waals surface area contributed by atoms with E-state index >= 15 is 0 Å². The van der Waals surface area contributed by atoms with Gasteiger partial charge in [0, 0.05) is 25.8 Å². The molecule has 1 atom stereocenters. The molecule has 1 aromatic heterocycles. The minimum atomic E-state index is 0.0300. The van der Waals surface area contributed by atoms with Crippen LogP contribution in [-0.2, 0) is 4.79 Å². The third-order valence-corrected chi connectivity index (χ3v) is 2.39. The molecule has 1 aromatic rings. The van der Waals surface area contributed by atoms with Crippen LogP contribution >= 0.6 is 0 Å². The molecular weight excluding hydrogens is 178 g/mol. The summed E-state index contributed by atoms with van der Waals surface area (Å²) in [6.45, 7) is 2.29. The molecule has 1 N–H and O–H groups in total. The Hall–Kier alpha value is -1.42. The second-order valence-corrected chi connectivity index (χ2v) is 3.26. The zero-order valence-corrected chi connectivity index (χ0v) is 7.81. The van der Waals surface area contributed by atoms with Crippen molar-refractivity contribution in [2.45, 2.75) is 6.04 Å². The van der Waals surface area contributed by atoms with E-state index in [1.807, 2.05) is 24.6 Å². The average molecular weight is 190 g/mol. The maximum absolute atomic E-state index is 10.7. The molecule has 0 spiro atoms. The van der Waals surface area contributed by atoms with Crippen LogP contribution in [-0.4, -0.2) is 35.9 Å². The smallest absolute Gasteiger partial charge is 0.312 e. The van der Waals surface area contributed by atoms with Crippen LogP contribution in [0.2, 0.25) is 0 Å². The number of pyridine rings is 1. The van der Waals surface area contributed by atoms with E-state index < -0.39 is 0 Å². The van der Waals surface area contributed by atoms with Crippen molar-refractivity contribution < 1.29 is 4.79 Å². The molecule has 4 nitrogen and oxygen atoms in total. The van der Waals surface area contributed by atoms with E-state index in [1.165, 1.54) is 0 Å². The highest BCUT2D eigenvalue weighted by molar-refractivity contribution is 5.49. The largest absolute Gasteiger partial charge is 0.323 e. The summed E-state index contributed by atoms with van der Waals surface area (Å²) >= 11 is 0. The molecule has 1 radical (unpaired) electrons. The Morgan fingerprint density at radius 1 is 1.57 bits per heavy atom. The molecule has 4 heteroatoms. The molecule has 1 unspecified atom stereocenters. The van der Waals surface area contributed by atoms with Crippen LogP contribution in [0.1, 0.15) is 11.7 Å². The van der Waals surface area contributed by atoms with Crippen molar-refractivity contribution in [3.05, 3.63) is 30.1 Å². The van der Waals surface area contributed by atoms with Crippen LogP contribution in [0.15, 0.2) is 24.4 Å². The van der Waals surface area contributed by atoms with Gasteiger partial charge in [0.05, 0.1) is 11.7 Å². The van der Waals surface area contributed by atoms with E-state index in [9.17, 15) is 4.79 Å². The van der Waals surface area contributed by atoms with E-state index in [-0.39, 0.29) is 6.04 Å². The number of nitrogens with one attached hydrogen (secondary N) is 1. The summed E-state index contributed by atoms with van der Waals surface area (Å²) in [5.74, 6) is 0. The number of hydrogen-bond acceptors (Lipinski definition) is 3. The first-order valence-corrected chi connectivity index (χ1v) is 4.68. The molecule has 1 saturated heterocycles. The third-order valence-electron chi connectivity index (χ3n) is 2.39. The predicted octanol–water partition coefficient (Wildman–Crippen LogP) is 0.0951. The molecule has 1 fully saturated rings. The molecule has 0 aromatic carbocycles. The van der Waals surface area contributed by atoms with Gasteiger partial charge in [-0.05, 0) is 12.1 Å². The van der Waals surface area contributed by atoms with Crippen molar-refractivity contribution in [1.29, 1.82) is 0 Å². The van der Waals surface area contributed by atoms with Gasteiger partial charge in [-0.15, -0.1) is 0 Å². The summed E-state index contributed by atoms with van der Waals surface area (Å²) in [6, 6.07) is 5.76. The Bertz CT molecular complexity index is 301. The second kappa shape index (κ2) is 4.19. The van der Waals surface area contributed by atoms with Crippen LogP contribution in [0.3, 0.4) is 0 Å². The summed E-state index contributed by atoms with van der Waals surface area (Å²) < 4.78 is 0. The van der Waals surface area contributed by atoms with Gasteiger partial charge in [-0.2, -0.15) is 0 Å². The van der Waals surface area contributed by atoms with Crippen LogP contribution in [0.25, 0.3) is 0 Å². The van der Waals surface area contributed by atoms with Crippen LogP contribution in [0.5, 0.6) is 0 Å². The van der Waals surface area contributed by atoms with Gasteiger partial charge < -0.3 is 10.2 Å². The zero-order valence-electron chi connectivity index (χ0n) is 7.81. The SMILES string of the molecule is O=[C]N1CCNCC1c1ccccn1. The van der Waals surface area contributed by atoms with Crippen molar-refractivity contribution in [3.8, 4) is 0 Å². The van der Waals surface area contributed by atoms with Gasteiger partial charge >= 0.3 is 6.41 Å². The first-order chi connectivity index (χ1) is 6.92. The lowest BCUT2D eigenvalue weighted by Crippen LogP contribution is -2.45. The minimum absolute atomic E-state index is 0.0300. The van der Waals surface area contributed by atoms with Gasteiger partial charge in [-0.3, -0.25) is 9.78 Å². The van der Waals surface area contributed by atoms with E-state index in [0.717, 1.165) is 18.8 Å². The van der Waals surface area contributed by atoms with Gasteiger partial charge in [0.2, 0.25) is 0 Å². The lowest BCUT2D eigenvalue weighted by atomic mass is 10.1. The van der Waals surface area contributed by atoms with Crippen molar-refractivity contribution in [2.75, 3.05) is 19.6 Å². The normalized spacial score (nSPS) is 22.0. The molecule has 14 heavy (non-hydrogen) atoms. The van der Waals surface area contributed by atoms with Gasteiger partial charge in [0.1, 0.15) is 0 Å². The molecule has 0 bridgehead atoms. The average Bonchev–Trinajstić information content (AvgIpc) is 2.30. The fourth-order valence-electron chi connectivity index (χ4n) is 1.65. The topological polar surface area (TPSA) is 45.2 Å². The molecule has 2 heterocycles. The molecular formula is C10H12N3O. The zero-order chi connectivity index (χ0) is 9.80. The molecule has 2 rings (SSSR count). The fourth-order valence-corrected chi connectivity index (χ4v) is 1.65. The van der Waals surface area contributed by atoms with Gasteiger partial charge in [-0.25, -0.2) is 0 Å². The molecule has 1 aliphatic rings. The highest BCUT2D eigenvalue weighted by Crippen LogP contribution is 2.17. The Balaban J connectivity index is 2.19. The highest BCUT2D eigenvalue weighted by Gasteiger charge is 2.23. The molecule has 73 valence electrons. The minimum Gasteiger partial charge on any atom is -0.323 e. The number of carbonyl (C=O) groups excluding carboxylic acids is 1. The quantitative estimate of drug-likeness (QED) is 0.719. The number of piperazine rings is 1. The third kappa shape index (κ3) is 1.75.